The molecule has 5 nitrogen and oxygen atoms in total. The lowest BCUT2D eigenvalue weighted by molar-refractivity contribution is 0.429. The van der Waals surface area contributed by atoms with Crippen molar-refractivity contribution in [2.75, 3.05) is 0 Å². The summed E-state index contributed by atoms with van der Waals surface area (Å²) in [5.74, 6) is 1.09. The minimum atomic E-state index is -0.240. The maximum atomic E-state index is 13.6. The van der Waals surface area contributed by atoms with Gasteiger partial charge in [-0.2, -0.15) is 0 Å². The molecule has 1 aliphatic rings. The number of fused-ring (bicyclic) bond motifs is 2. The van der Waals surface area contributed by atoms with Gasteiger partial charge in [0.25, 0.3) is 5.56 Å². The fraction of sp³-hybridized carbons (Fsp3) is 0.318. The summed E-state index contributed by atoms with van der Waals surface area (Å²) in [6, 6.07) is 11.1. The quantitative estimate of drug-likeness (QED) is 0.350. The summed E-state index contributed by atoms with van der Waals surface area (Å²) in [7, 11) is 0. The third kappa shape index (κ3) is 2.79. The first-order valence-corrected chi connectivity index (χ1v) is 10.6. The highest BCUT2D eigenvalue weighted by atomic mass is 32.1. The zero-order valence-corrected chi connectivity index (χ0v) is 16.2. The molecule has 0 atom stereocenters. The van der Waals surface area contributed by atoms with Crippen LogP contribution in [0.15, 0.2) is 56.7 Å². The van der Waals surface area contributed by atoms with Crippen LogP contribution >= 0.6 is 11.3 Å². The molecule has 5 rings (SSSR count). The lowest BCUT2D eigenvalue weighted by atomic mass is 10.1. The lowest BCUT2D eigenvalue weighted by Gasteiger charge is -2.21. The molecule has 28 heavy (non-hydrogen) atoms. The Morgan fingerprint density at radius 3 is 2.54 bits per heavy atom. The number of nitrogens with zero attached hydrogens (tertiary/aromatic N) is 2. The normalized spacial score (nSPS) is 15.9. The Hall–Kier alpha value is -2.73. The third-order valence-electron chi connectivity index (χ3n) is 5.58. The monoisotopic (exact) mass is 392 g/mol. The molecule has 0 radical (unpaired) electrons. The maximum absolute atomic E-state index is 13.6. The number of furan rings is 1. The molecule has 1 fully saturated rings. The first-order chi connectivity index (χ1) is 13.7. The minimum Gasteiger partial charge on any atom is -0.461 e. The average molecular weight is 392 g/mol. The summed E-state index contributed by atoms with van der Waals surface area (Å²) in [5.41, 5.74) is -0.467. The van der Waals surface area contributed by atoms with Gasteiger partial charge in [-0.1, -0.05) is 37.8 Å². The van der Waals surface area contributed by atoms with Crippen LogP contribution in [0.25, 0.3) is 31.9 Å². The van der Waals surface area contributed by atoms with Crippen LogP contribution in [0.1, 0.15) is 44.6 Å². The molecule has 1 aromatic carbocycles. The average Bonchev–Trinajstić information content (AvgIpc) is 3.11. The van der Waals surface area contributed by atoms with Gasteiger partial charge in [-0.3, -0.25) is 14.2 Å². The van der Waals surface area contributed by atoms with Crippen LogP contribution in [-0.2, 0) is 0 Å². The zero-order valence-electron chi connectivity index (χ0n) is 15.4. The molecule has 0 aliphatic heterocycles. The van der Waals surface area contributed by atoms with E-state index >= 15 is 0 Å². The van der Waals surface area contributed by atoms with E-state index in [2.05, 4.69) is 0 Å². The van der Waals surface area contributed by atoms with Gasteiger partial charge in [0.2, 0.25) is 5.43 Å². The molecular formula is C22H20N2O3S. The van der Waals surface area contributed by atoms with Crippen molar-refractivity contribution in [2.24, 2.45) is 0 Å². The van der Waals surface area contributed by atoms with E-state index in [1.165, 1.54) is 24.2 Å². The van der Waals surface area contributed by atoms with E-state index in [4.69, 9.17) is 9.40 Å². The highest BCUT2D eigenvalue weighted by Gasteiger charge is 2.24. The van der Waals surface area contributed by atoms with Crippen LogP contribution in [-0.4, -0.2) is 9.55 Å². The maximum Gasteiger partial charge on any atom is 0.266 e. The van der Waals surface area contributed by atoms with Crippen molar-refractivity contribution in [1.82, 2.24) is 9.55 Å². The van der Waals surface area contributed by atoms with E-state index < -0.39 is 0 Å². The molecule has 6 heteroatoms. The molecule has 3 heterocycles. The summed E-state index contributed by atoms with van der Waals surface area (Å²) in [5, 5.41) is 0.778. The Morgan fingerprint density at radius 1 is 1.00 bits per heavy atom. The Kier molecular flexibility index (Phi) is 4.36. The molecule has 0 amide bonds. The molecule has 1 saturated carbocycles. The summed E-state index contributed by atoms with van der Waals surface area (Å²) in [4.78, 5) is 32.0. The number of rotatable bonds is 2. The third-order valence-corrected chi connectivity index (χ3v) is 6.64. The number of benzene rings is 1. The molecule has 142 valence electrons. The van der Waals surface area contributed by atoms with Gasteiger partial charge < -0.3 is 4.42 Å². The van der Waals surface area contributed by atoms with E-state index in [1.54, 1.807) is 23.0 Å². The Labute approximate surface area is 165 Å². The van der Waals surface area contributed by atoms with Crippen molar-refractivity contribution in [1.29, 1.82) is 0 Å². The molecule has 0 spiro atoms. The fourth-order valence-corrected chi connectivity index (χ4v) is 5.24. The Morgan fingerprint density at radius 2 is 1.79 bits per heavy atom. The highest BCUT2D eigenvalue weighted by molar-refractivity contribution is 7.24. The van der Waals surface area contributed by atoms with Crippen LogP contribution in [0.2, 0.25) is 0 Å². The van der Waals surface area contributed by atoms with Crippen LogP contribution in [0.4, 0.5) is 0 Å². The molecule has 1 aliphatic carbocycles. The Balaban J connectivity index is 1.87. The van der Waals surface area contributed by atoms with Crippen LogP contribution in [0, 0.1) is 0 Å². The zero-order chi connectivity index (χ0) is 19.1. The van der Waals surface area contributed by atoms with Gasteiger partial charge in [-0.25, -0.2) is 4.98 Å². The van der Waals surface area contributed by atoms with E-state index in [1.807, 2.05) is 24.3 Å². The molecule has 0 N–H and O–H groups in total. The molecule has 0 unspecified atom stereocenters. The summed E-state index contributed by atoms with van der Waals surface area (Å²) in [6.07, 6.45) is 7.96. The van der Waals surface area contributed by atoms with E-state index in [0.29, 0.717) is 21.8 Å². The summed E-state index contributed by atoms with van der Waals surface area (Å²) in [6.45, 7) is 0. The van der Waals surface area contributed by atoms with Gasteiger partial charge in [0.1, 0.15) is 10.2 Å². The van der Waals surface area contributed by atoms with Crippen molar-refractivity contribution >= 4 is 31.6 Å². The van der Waals surface area contributed by atoms with Gasteiger partial charge >= 0.3 is 0 Å². The van der Waals surface area contributed by atoms with Crippen LogP contribution in [0.5, 0.6) is 0 Å². The molecule has 3 aromatic heterocycles. The number of aromatic nitrogens is 2. The van der Waals surface area contributed by atoms with Crippen molar-refractivity contribution in [3.63, 3.8) is 0 Å². The van der Waals surface area contributed by atoms with Crippen molar-refractivity contribution in [2.45, 2.75) is 44.6 Å². The topological polar surface area (TPSA) is 65.1 Å². The van der Waals surface area contributed by atoms with Gasteiger partial charge in [-0.15, -0.1) is 11.3 Å². The highest BCUT2D eigenvalue weighted by Crippen LogP contribution is 2.31. The van der Waals surface area contributed by atoms with Gasteiger partial charge in [-0.05, 0) is 37.1 Å². The first-order valence-electron chi connectivity index (χ1n) is 9.76. The van der Waals surface area contributed by atoms with Crippen molar-refractivity contribution in [3.05, 3.63) is 63.2 Å². The van der Waals surface area contributed by atoms with E-state index in [-0.39, 0.29) is 22.4 Å². The standard InChI is InChI=1S/C22H20N2O3S/c25-19-15-10-5-6-12-17(15)28-21-18(19)22(26)24(14-8-3-1-2-4-9-14)20(23-21)16-11-7-13-27-16/h5-7,10-14H,1-4,8-9H2. The van der Waals surface area contributed by atoms with Crippen molar-refractivity contribution < 1.29 is 4.42 Å². The predicted molar refractivity (Wildman–Crippen MR) is 112 cm³/mol. The smallest absolute Gasteiger partial charge is 0.266 e. The Bertz CT molecular complexity index is 1260. The largest absolute Gasteiger partial charge is 0.461 e. The molecule has 0 bridgehead atoms. The van der Waals surface area contributed by atoms with Gasteiger partial charge in [0.05, 0.1) is 6.26 Å². The predicted octanol–water partition coefficient (Wildman–Crippen LogP) is 5.13. The minimum absolute atomic E-state index is 0.0443. The second-order valence-corrected chi connectivity index (χ2v) is 8.37. The van der Waals surface area contributed by atoms with Crippen LogP contribution in [0.3, 0.4) is 0 Å². The summed E-state index contributed by atoms with van der Waals surface area (Å²) >= 11 is 1.38. The molecule has 4 aromatic rings. The first kappa shape index (κ1) is 17.4. The van der Waals surface area contributed by atoms with Gasteiger partial charge in [0, 0.05) is 16.1 Å². The SMILES string of the molecule is O=c1c2ccccc2sc2nc(-c3ccco3)n(C3CCCCCC3)c(=O)c12. The molecular weight excluding hydrogens is 372 g/mol. The lowest BCUT2D eigenvalue weighted by Crippen LogP contribution is -2.30. The summed E-state index contributed by atoms with van der Waals surface area (Å²) < 4.78 is 8.18. The van der Waals surface area contributed by atoms with E-state index in [0.717, 1.165) is 30.4 Å². The second-order valence-electron chi connectivity index (χ2n) is 7.34. The van der Waals surface area contributed by atoms with Crippen molar-refractivity contribution in [3.8, 4) is 11.6 Å². The number of hydrogen-bond donors (Lipinski definition) is 0. The molecule has 0 saturated heterocycles. The van der Waals surface area contributed by atoms with E-state index in [9.17, 15) is 9.59 Å². The number of hydrogen-bond acceptors (Lipinski definition) is 5. The second kappa shape index (κ2) is 7.02. The van der Waals surface area contributed by atoms with Crippen LogP contribution < -0.4 is 11.0 Å². The van der Waals surface area contributed by atoms with Gasteiger partial charge in [0.15, 0.2) is 11.6 Å². The fourth-order valence-electron chi connectivity index (χ4n) is 4.20.